The first kappa shape index (κ1) is 14.3. The van der Waals surface area contributed by atoms with Crippen LogP contribution in [-0.4, -0.2) is 56.2 Å². The van der Waals surface area contributed by atoms with E-state index in [1.165, 1.54) is 62.9 Å². The van der Waals surface area contributed by atoms with E-state index in [9.17, 15) is 0 Å². The fraction of sp³-hybridized carbons (Fsp3) is 1.00. The van der Waals surface area contributed by atoms with Gasteiger partial charge in [-0.3, -0.25) is 4.90 Å². The minimum Gasteiger partial charge on any atom is -0.324 e. The lowest BCUT2D eigenvalue weighted by Crippen LogP contribution is -2.58. The lowest BCUT2D eigenvalue weighted by atomic mass is 9.76. The Hall–Kier alpha value is -0.0800. The van der Waals surface area contributed by atoms with E-state index >= 15 is 0 Å². The van der Waals surface area contributed by atoms with Crippen molar-refractivity contribution in [3.63, 3.8) is 0 Å². The summed E-state index contributed by atoms with van der Waals surface area (Å²) in [4.78, 5) is 2.48. The lowest BCUT2D eigenvalue weighted by molar-refractivity contribution is -0.916. The molecule has 1 saturated carbocycles. The summed E-state index contributed by atoms with van der Waals surface area (Å²) in [5, 5.41) is 0. The Morgan fingerprint density at radius 2 is 1.61 bits per heavy atom. The van der Waals surface area contributed by atoms with Crippen LogP contribution in [0.2, 0.25) is 0 Å². The molecule has 2 heteroatoms. The molecule has 106 valence electrons. The molecule has 1 heterocycles. The van der Waals surface area contributed by atoms with E-state index in [-0.39, 0.29) is 0 Å². The van der Waals surface area contributed by atoms with E-state index in [4.69, 9.17) is 0 Å². The maximum atomic E-state index is 2.49. The highest BCUT2D eigenvalue weighted by Gasteiger charge is 2.32. The summed E-state index contributed by atoms with van der Waals surface area (Å²) in [5.41, 5.74) is 0. The molecule has 0 unspecified atom stereocenters. The first-order chi connectivity index (χ1) is 8.48. The molecule has 0 bridgehead atoms. The molecule has 0 radical (unpaired) electrons. The van der Waals surface area contributed by atoms with E-state index in [1.54, 1.807) is 0 Å². The largest absolute Gasteiger partial charge is 0.324 e. The average Bonchev–Trinajstić information content (AvgIpc) is 2.34. The van der Waals surface area contributed by atoms with Gasteiger partial charge < -0.3 is 4.48 Å². The minimum absolute atomic E-state index is 0.902. The lowest BCUT2D eigenvalue weighted by Gasteiger charge is -2.44. The van der Waals surface area contributed by atoms with Gasteiger partial charge >= 0.3 is 0 Å². The summed E-state index contributed by atoms with van der Waals surface area (Å²) >= 11 is 0. The van der Waals surface area contributed by atoms with Crippen LogP contribution in [0.15, 0.2) is 0 Å². The summed E-state index contributed by atoms with van der Waals surface area (Å²) in [5.74, 6) is 2.92. The van der Waals surface area contributed by atoms with Crippen LogP contribution in [0.3, 0.4) is 0 Å². The van der Waals surface area contributed by atoms with Crippen LogP contribution in [0.4, 0.5) is 0 Å². The third kappa shape index (κ3) is 3.71. The molecule has 0 aromatic rings. The second kappa shape index (κ2) is 5.92. The van der Waals surface area contributed by atoms with Crippen LogP contribution in [0, 0.1) is 17.8 Å². The van der Waals surface area contributed by atoms with Crippen molar-refractivity contribution in [3.8, 4) is 0 Å². The van der Waals surface area contributed by atoms with Crippen molar-refractivity contribution in [2.24, 2.45) is 17.8 Å². The van der Waals surface area contributed by atoms with Gasteiger partial charge in [0.15, 0.2) is 0 Å². The molecule has 2 fully saturated rings. The average molecular weight is 253 g/mol. The van der Waals surface area contributed by atoms with Crippen molar-refractivity contribution in [1.82, 2.24) is 4.90 Å². The van der Waals surface area contributed by atoms with Gasteiger partial charge in [-0.25, -0.2) is 0 Å². The van der Waals surface area contributed by atoms with Gasteiger partial charge in [0.25, 0.3) is 0 Å². The molecule has 2 rings (SSSR count). The number of hydrogen-bond acceptors (Lipinski definition) is 1. The molecular formula is C16H33N2+. The van der Waals surface area contributed by atoms with Gasteiger partial charge in [-0.15, -0.1) is 0 Å². The first-order valence-corrected chi connectivity index (χ1v) is 8.00. The summed E-state index contributed by atoms with van der Waals surface area (Å²) in [6.45, 7) is 11.5. The quantitative estimate of drug-likeness (QED) is 0.699. The molecule has 0 amide bonds. The van der Waals surface area contributed by atoms with Gasteiger partial charge in [-0.1, -0.05) is 13.8 Å². The third-order valence-corrected chi connectivity index (χ3v) is 5.58. The maximum absolute atomic E-state index is 2.49. The van der Waals surface area contributed by atoms with E-state index in [0.29, 0.717) is 0 Å². The molecule has 1 aliphatic carbocycles. The normalized spacial score (nSPS) is 33.8. The van der Waals surface area contributed by atoms with Crippen LogP contribution in [0.25, 0.3) is 0 Å². The predicted octanol–water partition coefficient (Wildman–Crippen LogP) is 2.84. The van der Waals surface area contributed by atoms with Gasteiger partial charge in [0, 0.05) is 19.0 Å². The molecule has 2 nitrogen and oxygen atoms in total. The van der Waals surface area contributed by atoms with Gasteiger partial charge in [0.1, 0.15) is 0 Å². The number of hydrogen-bond donors (Lipinski definition) is 0. The van der Waals surface area contributed by atoms with E-state index < -0.39 is 0 Å². The van der Waals surface area contributed by atoms with Crippen molar-refractivity contribution in [2.45, 2.75) is 39.5 Å². The van der Waals surface area contributed by atoms with E-state index in [0.717, 1.165) is 17.8 Å². The van der Waals surface area contributed by atoms with Crippen molar-refractivity contribution in [3.05, 3.63) is 0 Å². The van der Waals surface area contributed by atoms with Crippen LogP contribution in [-0.2, 0) is 0 Å². The SMILES string of the molecule is CC(C)C1CCC(C[N+]2(C)CCN(C)CC2)CC1. The summed E-state index contributed by atoms with van der Waals surface area (Å²) in [7, 11) is 4.75. The van der Waals surface area contributed by atoms with Crippen LogP contribution < -0.4 is 0 Å². The standard InChI is InChI=1S/C16H33N2/c1-14(2)16-7-5-15(6-8-16)13-18(4)11-9-17(3)10-12-18/h14-16H,5-13H2,1-4H3/q+1. The smallest absolute Gasteiger partial charge is 0.0914 e. The molecule has 0 aromatic carbocycles. The molecule has 0 aromatic heterocycles. The monoisotopic (exact) mass is 253 g/mol. The second-order valence-corrected chi connectivity index (χ2v) is 7.58. The molecule has 1 aliphatic heterocycles. The summed E-state index contributed by atoms with van der Waals surface area (Å²) in [6.07, 6.45) is 5.96. The zero-order valence-corrected chi connectivity index (χ0v) is 13.0. The molecule has 2 aliphatic rings. The molecule has 0 atom stereocenters. The van der Waals surface area contributed by atoms with Gasteiger partial charge in [-0.2, -0.15) is 0 Å². The number of nitrogens with zero attached hydrogens (tertiary/aromatic N) is 2. The Labute approximate surface area is 114 Å². The van der Waals surface area contributed by atoms with Crippen molar-refractivity contribution >= 4 is 0 Å². The number of piperazine rings is 1. The molecule has 1 saturated heterocycles. The molecule has 0 spiro atoms. The zero-order valence-electron chi connectivity index (χ0n) is 13.0. The molecular weight excluding hydrogens is 220 g/mol. The predicted molar refractivity (Wildman–Crippen MR) is 78.6 cm³/mol. The fourth-order valence-corrected chi connectivity index (χ4v) is 3.89. The van der Waals surface area contributed by atoms with Crippen molar-refractivity contribution in [1.29, 1.82) is 0 Å². The number of rotatable bonds is 3. The maximum Gasteiger partial charge on any atom is 0.0914 e. The highest BCUT2D eigenvalue weighted by atomic mass is 15.4. The Balaban J connectivity index is 1.77. The van der Waals surface area contributed by atoms with Gasteiger partial charge in [0.05, 0.1) is 26.7 Å². The summed E-state index contributed by atoms with van der Waals surface area (Å²) < 4.78 is 1.33. The Morgan fingerprint density at radius 1 is 1.06 bits per heavy atom. The highest BCUT2D eigenvalue weighted by Crippen LogP contribution is 2.34. The first-order valence-electron chi connectivity index (χ1n) is 8.00. The Morgan fingerprint density at radius 3 is 2.11 bits per heavy atom. The summed E-state index contributed by atoms with van der Waals surface area (Å²) in [6, 6.07) is 0. The van der Waals surface area contributed by atoms with E-state index in [2.05, 4.69) is 32.8 Å². The zero-order chi connectivity index (χ0) is 13.2. The van der Waals surface area contributed by atoms with Crippen molar-refractivity contribution < 1.29 is 4.48 Å². The fourth-order valence-electron chi connectivity index (χ4n) is 3.89. The van der Waals surface area contributed by atoms with E-state index in [1.807, 2.05) is 0 Å². The molecule has 18 heavy (non-hydrogen) atoms. The van der Waals surface area contributed by atoms with Gasteiger partial charge in [0.2, 0.25) is 0 Å². The Bertz CT molecular complexity index is 246. The minimum atomic E-state index is 0.902. The highest BCUT2D eigenvalue weighted by molar-refractivity contribution is 4.75. The van der Waals surface area contributed by atoms with Crippen LogP contribution in [0.5, 0.6) is 0 Å². The third-order valence-electron chi connectivity index (χ3n) is 5.58. The van der Waals surface area contributed by atoms with Crippen molar-refractivity contribution in [2.75, 3.05) is 46.8 Å². The topological polar surface area (TPSA) is 3.24 Å². The molecule has 0 N–H and O–H groups in total. The number of likely N-dealkylation sites (N-methyl/N-ethyl adjacent to an activating group) is 2. The van der Waals surface area contributed by atoms with Crippen LogP contribution in [0.1, 0.15) is 39.5 Å². The Kier molecular flexibility index (Phi) is 4.71. The second-order valence-electron chi connectivity index (χ2n) is 7.58. The van der Waals surface area contributed by atoms with Gasteiger partial charge in [-0.05, 0) is 44.6 Å². The van der Waals surface area contributed by atoms with Crippen LogP contribution >= 0.6 is 0 Å². The number of quaternary nitrogens is 1.